The van der Waals surface area contributed by atoms with E-state index in [0.29, 0.717) is 29.4 Å². The lowest BCUT2D eigenvalue weighted by atomic mass is 9.92. The van der Waals surface area contributed by atoms with Gasteiger partial charge in [0.2, 0.25) is 5.91 Å². The molecule has 1 aliphatic heterocycles. The Balaban J connectivity index is 1.53. The van der Waals surface area contributed by atoms with Crippen molar-refractivity contribution in [2.45, 2.75) is 26.8 Å². The topological polar surface area (TPSA) is 85.1 Å². The zero-order chi connectivity index (χ0) is 18.0. The van der Waals surface area contributed by atoms with Crippen LogP contribution in [0, 0.1) is 11.8 Å². The molecule has 0 spiro atoms. The summed E-state index contributed by atoms with van der Waals surface area (Å²) in [5, 5.41) is 7.35. The molecule has 1 aliphatic rings. The van der Waals surface area contributed by atoms with E-state index in [9.17, 15) is 9.59 Å². The molecule has 3 heterocycles. The van der Waals surface area contributed by atoms with Crippen molar-refractivity contribution in [1.29, 1.82) is 0 Å². The minimum atomic E-state index is -0.244. The van der Waals surface area contributed by atoms with Crippen LogP contribution in [0.2, 0.25) is 0 Å². The van der Waals surface area contributed by atoms with Crippen LogP contribution in [0.3, 0.4) is 0 Å². The Morgan fingerprint density at radius 1 is 1.32 bits per heavy atom. The lowest BCUT2D eigenvalue weighted by molar-refractivity contribution is -0.121. The van der Waals surface area contributed by atoms with Crippen LogP contribution >= 0.6 is 0 Å². The molecule has 8 nitrogen and oxygen atoms in total. The lowest BCUT2D eigenvalue weighted by Crippen LogP contribution is -2.43. The van der Waals surface area contributed by atoms with E-state index in [-0.39, 0.29) is 18.0 Å². The number of amides is 1. The van der Waals surface area contributed by atoms with Gasteiger partial charge in [0.25, 0.3) is 5.56 Å². The predicted octanol–water partition coefficient (Wildman–Crippen LogP) is 0.224. The summed E-state index contributed by atoms with van der Waals surface area (Å²) in [5.74, 6) is 1.23. The van der Waals surface area contributed by atoms with Crippen LogP contribution in [0.5, 0.6) is 0 Å². The van der Waals surface area contributed by atoms with E-state index in [0.717, 1.165) is 19.6 Å². The quantitative estimate of drug-likeness (QED) is 0.837. The maximum Gasteiger partial charge on any atom is 0.264 e. The molecule has 0 aromatic carbocycles. The van der Waals surface area contributed by atoms with Gasteiger partial charge in [-0.15, -0.1) is 0 Å². The van der Waals surface area contributed by atoms with E-state index in [1.807, 2.05) is 0 Å². The zero-order valence-electron chi connectivity index (χ0n) is 15.1. The fraction of sp³-hybridized carbons (Fsp3) is 0.647. The van der Waals surface area contributed by atoms with Gasteiger partial charge in [-0.1, -0.05) is 13.8 Å². The summed E-state index contributed by atoms with van der Waals surface area (Å²) in [7, 11) is 1.73. The van der Waals surface area contributed by atoms with Gasteiger partial charge in [-0.2, -0.15) is 5.10 Å². The molecule has 1 fully saturated rings. The largest absolute Gasteiger partial charge is 0.353 e. The Hall–Kier alpha value is -2.22. The summed E-state index contributed by atoms with van der Waals surface area (Å²) in [6, 6.07) is 0. The minimum absolute atomic E-state index is 0.0243. The van der Waals surface area contributed by atoms with Gasteiger partial charge in [-0.05, 0) is 18.3 Å². The second-order valence-electron chi connectivity index (χ2n) is 7.24. The fourth-order valence-electron chi connectivity index (χ4n) is 3.72. The number of carbonyl (C=O) groups is 1. The second kappa shape index (κ2) is 7.35. The van der Waals surface area contributed by atoms with E-state index in [1.165, 1.54) is 23.5 Å². The van der Waals surface area contributed by atoms with Crippen molar-refractivity contribution in [2.24, 2.45) is 18.9 Å². The van der Waals surface area contributed by atoms with Gasteiger partial charge in [0.1, 0.15) is 18.3 Å². The molecule has 8 heteroatoms. The monoisotopic (exact) mass is 346 g/mol. The standard InChI is InChI=1S/C17H26N6O2/c1-12-6-13(2)9-22(8-12)5-4-18-15(24)10-23-11-19-16-14(17(23)25)7-20-21(16)3/h7,11-13H,4-6,8-10H2,1-3H3,(H,18,24)/t12-,13-/m1/s1. The van der Waals surface area contributed by atoms with Crippen molar-refractivity contribution in [3.63, 3.8) is 0 Å². The molecule has 1 N–H and O–H groups in total. The second-order valence-corrected chi connectivity index (χ2v) is 7.24. The molecule has 0 bridgehead atoms. The summed E-state index contributed by atoms with van der Waals surface area (Å²) in [5.41, 5.74) is 0.280. The first-order valence-corrected chi connectivity index (χ1v) is 8.80. The molecule has 0 saturated carbocycles. The first-order chi connectivity index (χ1) is 11.9. The van der Waals surface area contributed by atoms with Crippen LogP contribution in [-0.4, -0.2) is 56.3 Å². The Morgan fingerprint density at radius 2 is 2.04 bits per heavy atom. The van der Waals surface area contributed by atoms with Crippen molar-refractivity contribution in [3.8, 4) is 0 Å². The van der Waals surface area contributed by atoms with E-state index < -0.39 is 0 Å². The highest BCUT2D eigenvalue weighted by Gasteiger charge is 2.21. The first-order valence-electron chi connectivity index (χ1n) is 8.80. The molecular weight excluding hydrogens is 320 g/mol. The number of fused-ring (bicyclic) bond motifs is 1. The van der Waals surface area contributed by atoms with Crippen LogP contribution in [0.4, 0.5) is 0 Å². The molecular formula is C17H26N6O2. The van der Waals surface area contributed by atoms with Gasteiger partial charge >= 0.3 is 0 Å². The summed E-state index contributed by atoms with van der Waals surface area (Å²) in [6.07, 6.45) is 4.16. The number of piperidine rings is 1. The maximum absolute atomic E-state index is 12.4. The molecule has 0 unspecified atom stereocenters. The molecule has 25 heavy (non-hydrogen) atoms. The first kappa shape index (κ1) is 17.6. The van der Waals surface area contributed by atoms with Gasteiger partial charge in [0, 0.05) is 33.2 Å². The third kappa shape index (κ3) is 4.07. The molecule has 0 radical (unpaired) electrons. The Morgan fingerprint density at radius 3 is 2.76 bits per heavy atom. The van der Waals surface area contributed by atoms with E-state index in [4.69, 9.17) is 0 Å². The molecule has 0 aliphatic carbocycles. The van der Waals surface area contributed by atoms with Crippen molar-refractivity contribution in [2.75, 3.05) is 26.2 Å². The maximum atomic E-state index is 12.4. The molecule has 3 rings (SSSR count). The van der Waals surface area contributed by atoms with Crippen molar-refractivity contribution >= 4 is 16.9 Å². The number of carbonyl (C=O) groups excluding carboxylic acids is 1. The van der Waals surface area contributed by atoms with Crippen molar-refractivity contribution < 1.29 is 4.79 Å². The fourth-order valence-corrected chi connectivity index (χ4v) is 3.72. The number of nitrogens with zero attached hydrogens (tertiary/aromatic N) is 5. The van der Waals surface area contributed by atoms with Gasteiger partial charge in [0.15, 0.2) is 5.65 Å². The average Bonchev–Trinajstić information content (AvgIpc) is 2.91. The normalized spacial score (nSPS) is 21.6. The van der Waals surface area contributed by atoms with E-state index >= 15 is 0 Å². The van der Waals surface area contributed by atoms with Crippen LogP contribution in [0.1, 0.15) is 20.3 Å². The van der Waals surface area contributed by atoms with Crippen LogP contribution in [0.15, 0.2) is 17.3 Å². The van der Waals surface area contributed by atoms with Gasteiger partial charge in [0.05, 0.1) is 6.20 Å². The number of rotatable bonds is 5. The zero-order valence-corrected chi connectivity index (χ0v) is 15.1. The molecule has 1 saturated heterocycles. The molecule has 1 amide bonds. The number of aryl methyl sites for hydroxylation is 1. The van der Waals surface area contributed by atoms with Gasteiger partial charge in [-0.25, -0.2) is 4.98 Å². The van der Waals surface area contributed by atoms with Gasteiger partial charge in [-0.3, -0.25) is 18.8 Å². The molecule has 2 atom stereocenters. The summed E-state index contributed by atoms with van der Waals surface area (Å²) < 4.78 is 2.87. The smallest absolute Gasteiger partial charge is 0.264 e. The highest BCUT2D eigenvalue weighted by atomic mass is 16.2. The SMILES string of the molecule is C[C@@H]1C[C@@H](C)CN(CCNC(=O)Cn2cnc3c(cnn3C)c2=O)C1. The van der Waals surface area contributed by atoms with E-state index in [2.05, 4.69) is 34.1 Å². The van der Waals surface area contributed by atoms with Crippen LogP contribution < -0.4 is 10.9 Å². The lowest BCUT2D eigenvalue weighted by Gasteiger charge is -2.34. The minimum Gasteiger partial charge on any atom is -0.353 e. The number of aromatic nitrogens is 4. The highest BCUT2D eigenvalue weighted by molar-refractivity contribution is 5.77. The number of hydrogen-bond donors (Lipinski definition) is 1. The third-order valence-corrected chi connectivity index (χ3v) is 4.73. The Labute approximate surface area is 146 Å². The number of hydrogen-bond acceptors (Lipinski definition) is 5. The van der Waals surface area contributed by atoms with Crippen molar-refractivity contribution in [3.05, 3.63) is 22.9 Å². The molecule has 2 aromatic heterocycles. The Bertz CT molecular complexity index is 801. The number of nitrogens with one attached hydrogen (secondary N) is 1. The molecule has 2 aromatic rings. The third-order valence-electron chi connectivity index (χ3n) is 4.73. The van der Waals surface area contributed by atoms with Crippen molar-refractivity contribution in [1.82, 2.24) is 29.5 Å². The Kier molecular flexibility index (Phi) is 5.17. The molecule has 136 valence electrons. The highest BCUT2D eigenvalue weighted by Crippen LogP contribution is 2.20. The summed E-state index contributed by atoms with van der Waals surface area (Å²) >= 11 is 0. The average molecular weight is 346 g/mol. The van der Waals surface area contributed by atoms with E-state index in [1.54, 1.807) is 11.7 Å². The predicted molar refractivity (Wildman–Crippen MR) is 95.2 cm³/mol. The summed E-state index contributed by atoms with van der Waals surface area (Å²) in [4.78, 5) is 31.1. The summed E-state index contributed by atoms with van der Waals surface area (Å²) in [6.45, 7) is 8.13. The number of likely N-dealkylation sites (tertiary alicyclic amines) is 1. The van der Waals surface area contributed by atoms with Crippen LogP contribution in [0.25, 0.3) is 11.0 Å². The van der Waals surface area contributed by atoms with Crippen LogP contribution in [-0.2, 0) is 18.4 Å². The van der Waals surface area contributed by atoms with Gasteiger partial charge < -0.3 is 10.2 Å².